The first-order valence-corrected chi connectivity index (χ1v) is 9.64. The van der Waals surface area contributed by atoms with Crippen molar-refractivity contribution in [3.8, 4) is 0 Å². The SMILES string of the molecule is CCCSC1=NC2=C(C(=O)NC1)C(c1ccc3occc3c1)CC(=O)N2. The van der Waals surface area contributed by atoms with Gasteiger partial charge in [-0.05, 0) is 35.9 Å². The molecule has 2 amide bonds. The van der Waals surface area contributed by atoms with Crippen LogP contribution in [-0.4, -0.2) is 29.2 Å². The summed E-state index contributed by atoms with van der Waals surface area (Å²) in [5.74, 6) is 0.684. The molecule has 2 N–H and O–H groups in total. The van der Waals surface area contributed by atoms with Crippen LogP contribution in [0.1, 0.15) is 31.2 Å². The molecule has 7 heteroatoms. The predicted molar refractivity (Wildman–Crippen MR) is 102 cm³/mol. The normalized spacial score (nSPS) is 20.3. The monoisotopic (exact) mass is 369 g/mol. The quantitative estimate of drug-likeness (QED) is 0.871. The number of benzene rings is 1. The number of hydrogen-bond donors (Lipinski definition) is 2. The molecular formula is C19H19N3O3S. The van der Waals surface area contributed by atoms with Gasteiger partial charge in [0.1, 0.15) is 11.4 Å². The Balaban J connectivity index is 1.77. The number of aliphatic imine (C=N–C) groups is 1. The molecule has 0 radical (unpaired) electrons. The summed E-state index contributed by atoms with van der Waals surface area (Å²) in [6.45, 7) is 2.48. The van der Waals surface area contributed by atoms with Gasteiger partial charge in [0.15, 0.2) is 0 Å². The zero-order valence-electron chi connectivity index (χ0n) is 14.4. The standard InChI is InChI=1S/C19H19N3O3S/c1-2-7-26-16-10-20-19(24)17-13(9-15(23)21-18(17)22-16)11-3-4-14-12(8-11)5-6-25-14/h3-6,8,13H,2,7,9-10H2,1H3,(H,20,24)(H,21,23). The van der Waals surface area contributed by atoms with Crippen molar-refractivity contribution in [2.75, 3.05) is 12.3 Å². The average molecular weight is 369 g/mol. The summed E-state index contributed by atoms with van der Waals surface area (Å²) in [4.78, 5) is 29.6. The van der Waals surface area contributed by atoms with Crippen molar-refractivity contribution in [3.63, 3.8) is 0 Å². The van der Waals surface area contributed by atoms with Crippen molar-refractivity contribution in [3.05, 3.63) is 47.5 Å². The molecule has 26 heavy (non-hydrogen) atoms. The first kappa shape index (κ1) is 16.9. The second kappa shape index (κ2) is 6.99. The molecule has 2 aromatic rings. The fourth-order valence-electron chi connectivity index (χ4n) is 3.26. The van der Waals surface area contributed by atoms with Gasteiger partial charge in [-0.3, -0.25) is 9.59 Å². The third kappa shape index (κ3) is 3.14. The number of nitrogens with zero attached hydrogens (tertiary/aromatic N) is 1. The number of nitrogens with one attached hydrogen (secondary N) is 2. The Bertz CT molecular complexity index is 944. The highest BCUT2D eigenvalue weighted by atomic mass is 32.2. The predicted octanol–water partition coefficient (Wildman–Crippen LogP) is 2.92. The largest absolute Gasteiger partial charge is 0.464 e. The van der Waals surface area contributed by atoms with Crippen molar-refractivity contribution < 1.29 is 14.0 Å². The Morgan fingerprint density at radius 3 is 3.04 bits per heavy atom. The topological polar surface area (TPSA) is 83.7 Å². The molecule has 6 nitrogen and oxygen atoms in total. The zero-order chi connectivity index (χ0) is 18.1. The number of rotatable bonds is 3. The van der Waals surface area contributed by atoms with E-state index in [1.54, 1.807) is 18.0 Å². The van der Waals surface area contributed by atoms with Crippen molar-refractivity contribution >= 4 is 39.6 Å². The lowest BCUT2D eigenvalue weighted by atomic mass is 9.85. The van der Waals surface area contributed by atoms with E-state index in [0.29, 0.717) is 17.9 Å². The maximum atomic E-state index is 12.8. The zero-order valence-corrected chi connectivity index (χ0v) is 15.2. The van der Waals surface area contributed by atoms with Crippen molar-refractivity contribution in [2.45, 2.75) is 25.7 Å². The van der Waals surface area contributed by atoms with E-state index in [2.05, 4.69) is 22.5 Å². The van der Waals surface area contributed by atoms with E-state index in [1.165, 1.54) is 0 Å². The molecule has 134 valence electrons. The van der Waals surface area contributed by atoms with Gasteiger partial charge in [0.25, 0.3) is 5.91 Å². The van der Waals surface area contributed by atoms with E-state index in [9.17, 15) is 9.59 Å². The minimum Gasteiger partial charge on any atom is -0.464 e. The summed E-state index contributed by atoms with van der Waals surface area (Å²) in [5.41, 5.74) is 2.22. The van der Waals surface area contributed by atoms with Gasteiger partial charge >= 0.3 is 0 Å². The Labute approximate surface area is 155 Å². The van der Waals surface area contributed by atoms with Crippen molar-refractivity contribution in [2.24, 2.45) is 4.99 Å². The number of amides is 2. The summed E-state index contributed by atoms with van der Waals surface area (Å²) in [5, 5.41) is 7.49. The molecule has 0 fully saturated rings. The Morgan fingerprint density at radius 1 is 1.31 bits per heavy atom. The van der Waals surface area contributed by atoms with Crippen LogP contribution < -0.4 is 10.6 Å². The van der Waals surface area contributed by atoms with Gasteiger partial charge in [-0.15, -0.1) is 11.8 Å². The van der Waals surface area contributed by atoms with Gasteiger partial charge in [0.2, 0.25) is 5.91 Å². The summed E-state index contributed by atoms with van der Waals surface area (Å²) in [7, 11) is 0. The van der Waals surface area contributed by atoms with Crippen LogP contribution in [0.25, 0.3) is 11.0 Å². The molecule has 0 aliphatic carbocycles. The van der Waals surface area contributed by atoms with E-state index in [1.807, 2.05) is 24.3 Å². The molecule has 0 saturated heterocycles. The van der Waals surface area contributed by atoms with Gasteiger partial charge in [0, 0.05) is 17.7 Å². The van der Waals surface area contributed by atoms with Crippen molar-refractivity contribution in [1.29, 1.82) is 0 Å². The maximum Gasteiger partial charge on any atom is 0.251 e. The highest BCUT2D eigenvalue weighted by molar-refractivity contribution is 8.14. The molecule has 1 atom stereocenters. The second-order valence-corrected chi connectivity index (χ2v) is 7.49. The van der Waals surface area contributed by atoms with Crippen LogP contribution in [0.4, 0.5) is 0 Å². The number of thioether (sulfide) groups is 1. The fourth-order valence-corrected chi connectivity index (χ4v) is 4.03. The third-order valence-electron chi connectivity index (χ3n) is 4.48. The highest BCUT2D eigenvalue weighted by Crippen LogP contribution is 2.35. The Hall–Kier alpha value is -2.54. The summed E-state index contributed by atoms with van der Waals surface area (Å²) in [6.07, 6.45) is 2.87. The maximum absolute atomic E-state index is 12.8. The van der Waals surface area contributed by atoms with E-state index >= 15 is 0 Å². The summed E-state index contributed by atoms with van der Waals surface area (Å²) in [6, 6.07) is 7.63. The van der Waals surface area contributed by atoms with E-state index in [0.717, 1.165) is 33.8 Å². The molecule has 1 aromatic carbocycles. The molecule has 2 aliphatic heterocycles. The second-order valence-electron chi connectivity index (χ2n) is 6.32. The molecule has 0 spiro atoms. The minimum atomic E-state index is -0.322. The van der Waals surface area contributed by atoms with Crippen LogP contribution in [0, 0.1) is 0 Å². The van der Waals surface area contributed by atoms with Crippen LogP contribution in [0.5, 0.6) is 0 Å². The van der Waals surface area contributed by atoms with Crippen LogP contribution in [0.15, 0.2) is 51.3 Å². The number of carbonyl (C=O) groups is 2. The molecular weight excluding hydrogens is 350 g/mol. The fraction of sp³-hybridized carbons (Fsp3) is 0.316. The smallest absolute Gasteiger partial charge is 0.251 e. The first-order chi connectivity index (χ1) is 12.7. The van der Waals surface area contributed by atoms with E-state index in [4.69, 9.17) is 4.42 Å². The third-order valence-corrected chi connectivity index (χ3v) is 5.67. The molecule has 1 aromatic heterocycles. The molecule has 0 bridgehead atoms. The number of carbonyl (C=O) groups excluding carboxylic acids is 2. The van der Waals surface area contributed by atoms with E-state index < -0.39 is 0 Å². The highest BCUT2D eigenvalue weighted by Gasteiger charge is 2.35. The number of furan rings is 1. The summed E-state index contributed by atoms with van der Waals surface area (Å²) >= 11 is 1.61. The van der Waals surface area contributed by atoms with Crippen LogP contribution in [0.3, 0.4) is 0 Å². The lowest BCUT2D eigenvalue weighted by molar-refractivity contribution is -0.121. The molecule has 2 aliphatic rings. The van der Waals surface area contributed by atoms with Gasteiger partial charge in [0.05, 0.1) is 23.4 Å². The van der Waals surface area contributed by atoms with Crippen LogP contribution >= 0.6 is 11.8 Å². The van der Waals surface area contributed by atoms with Gasteiger partial charge in [-0.2, -0.15) is 0 Å². The van der Waals surface area contributed by atoms with Crippen molar-refractivity contribution in [1.82, 2.24) is 10.6 Å². The summed E-state index contributed by atoms with van der Waals surface area (Å²) < 4.78 is 5.39. The lowest BCUT2D eigenvalue weighted by Crippen LogP contribution is -2.37. The lowest BCUT2D eigenvalue weighted by Gasteiger charge is -2.25. The Kier molecular flexibility index (Phi) is 4.55. The van der Waals surface area contributed by atoms with Gasteiger partial charge in [-0.25, -0.2) is 4.99 Å². The molecule has 1 unspecified atom stereocenters. The number of fused-ring (bicyclic) bond motifs is 1. The van der Waals surface area contributed by atoms with Gasteiger partial charge in [-0.1, -0.05) is 13.0 Å². The number of hydrogen-bond acceptors (Lipinski definition) is 5. The minimum absolute atomic E-state index is 0.126. The van der Waals surface area contributed by atoms with Gasteiger partial charge < -0.3 is 15.1 Å². The first-order valence-electron chi connectivity index (χ1n) is 8.65. The van der Waals surface area contributed by atoms with E-state index in [-0.39, 0.29) is 24.2 Å². The van der Waals surface area contributed by atoms with Crippen LogP contribution in [-0.2, 0) is 9.59 Å². The van der Waals surface area contributed by atoms with Crippen LogP contribution in [0.2, 0.25) is 0 Å². The average Bonchev–Trinajstić information content (AvgIpc) is 3.04. The molecule has 0 saturated carbocycles. The molecule has 3 heterocycles. The Morgan fingerprint density at radius 2 is 2.19 bits per heavy atom. The molecule has 4 rings (SSSR count).